The number of benzene rings is 2. The molecular weight excluding hydrogens is 288 g/mol. The molecule has 0 aliphatic heterocycles. The molecule has 2 atom stereocenters. The second-order valence-corrected chi connectivity index (χ2v) is 7.81. The summed E-state index contributed by atoms with van der Waals surface area (Å²) in [6.07, 6.45) is 0.806. The quantitative estimate of drug-likeness (QED) is 0.736. The SMILES string of the molecule is CC(C)(Cc1ccccc1)C(Cl)S(=O)c1ccccc1. The zero-order valence-electron chi connectivity index (χ0n) is 11.8. The first-order chi connectivity index (χ1) is 9.50. The van der Waals surface area contributed by atoms with Crippen molar-refractivity contribution in [3.8, 4) is 0 Å². The van der Waals surface area contributed by atoms with E-state index in [-0.39, 0.29) is 5.41 Å². The molecule has 20 heavy (non-hydrogen) atoms. The van der Waals surface area contributed by atoms with Crippen molar-refractivity contribution in [2.45, 2.75) is 29.9 Å². The number of hydrogen-bond acceptors (Lipinski definition) is 1. The molecule has 0 aliphatic carbocycles. The molecule has 0 bridgehead atoms. The third-order valence-electron chi connectivity index (χ3n) is 3.28. The summed E-state index contributed by atoms with van der Waals surface area (Å²) in [5.41, 5.74) is 0.970. The van der Waals surface area contributed by atoms with Crippen molar-refractivity contribution < 1.29 is 4.21 Å². The molecule has 106 valence electrons. The van der Waals surface area contributed by atoms with Gasteiger partial charge < -0.3 is 0 Å². The normalized spacial score (nSPS) is 14.8. The molecule has 0 aromatic heterocycles. The summed E-state index contributed by atoms with van der Waals surface area (Å²) in [6.45, 7) is 4.14. The van der Waals surface area contributed by atoms with Crippen LogP contribution in [-0.4, -0.2) is 8.92 Å². The van der Waals surface area contributed by atoms with E-state index in [9.17, 15) is 4.21 Å². The molecule has 0 spiro atoms. The average molecular weight is 307 g/mol. The van der Waals surface area contributed by atoms with Gasteiger partial charge >= 0.3 is 0 Å². The van der Waals surface area contributed by atoms with E-state index in [2.05, 4.69) is 26.0 Å². The van der Waals surface area contributed by atoms with Gasteiger partial charge in [0.25, 0.3) is 0 Å². The predicted octanol–water partition coefficient (Wildman–Crippen LogP) is 4.63. The van der Waals surface area contributed by atoms with Crippen molar-refractivity contribution in [3.05, 3.63) is 66.2 Å². The highest BCUT2D eigenvalue weighted by Gasteiger charge is 2.33. The van der Waals surface area contributed by atoms with Gasteiger partial charge in [0.05, 0.1) is 10.8 Å². The van der Waals surface area contributed by atoms with E-state index in [1.807, 2.05) is 48.5 Å². The minimum absolute atomic E-state index is 0.246. The summed E-state index contributed by atoms with van der Waals surface area (Å²) in [6, 6.07) is 19.6. The Hall–Kier alpha value is -1.12. The van der Waals surface area contributed by atoms with Gasteiger partial charge in [-0.05, 0) is 29.5 Å². The van der Waals surface area contributed by atoms with Gasteiger partial charge in [0.1, 0.15) is 4.71 Å². The zero-order valence-corrected chi connectivity index (χ0v) is 13.3. The molecule has 0 aliphatic rings. The van der Waals surface area contributed by atoms with Crippen LogP contribution < -0.4 is 0 Å². The maximum atomic E-state index is 12.6. The van der Waals surface area contributed by atoms with Crippen LogP contribution >= 0.6 is 11.6 Å². The highest BCUT2D eigenvalue weighted by Crippen LogP contribution is 2.34. The Bertz CT molecular complexity index is 566. The smallest absolute Gasteiger partial charge is 0.119 e. The third kappa shape index (κ3) is 3.71. The number of rotatable bonds is 5. The lowest BCUT2D eigenvalue weighted by atomic mass is 9.87. The summed E-state index contributed by atoms with van der Waals surface area (Å²) >= 11 is 6.51. The van der Waals surface area contributed by atoms with Crippen LogP contribution in [0.2, 0.25) is 0 Å². The summed E-state index contributed by atoms with van der Waals surface area (Å²) in [5.74, 6) is 0. The van der Waals surface area contributed by atoms with Crippen LogP contribution in [0.3, 0.4) is 0 Å². The first-order valence-electron chi connectivity index (χ1n) is 6.64. The van der Waals surface area contributed by atoms with Crippen molar-refractivity contribution in [2.75, 3.05) is 0 Å². The molecule has 3 heteroatoms. The lowest BCUT2D eigenvalue weighted by molar-refractivity contribution is 0.394. The highest BCUT2D eigenvalue weighted by molar-refractivity contribution is 7.87. The van der Waals surface area contributed by atoms with E-state index in [1.54, 1.807) is 0 Å². The minimum Gasteiger partial charge on any atom is -0.253 e. The molecule has 2 aromatic rings. The van der Waals surface area contributed by atoms with E-state index in [1.165, 1.54) is 5.56 Å². The average Bonchev–Trinajstić information content (AvgIpc) is 2.47. The van der Waals surface area contributed by atoms with E-state index in [0.717, 1.165) is 11.3 Å². The molecule has 2 unspecified atom stereocenters. The molecule has 0 radical (unpaired) electrons. The van der Waals surface area contributed by atoms with Gasteiger partial charge in [-0.2, -0.15) is 0 Å². The summed E-state index contributed by atoms with van der Waals surface area (Å²) in [5, 5.41) is 0. The van der Waals surface area contributed by atoms with Crippen molar-refractivity contribution in [3.63, 3.8) is 0 Å². The Labute approximate surface area is 128 Å². The van der Waals surface area contributed by atoms with Gasteiger partial charge in [0.2, 0.25) is 0 Å². The molecule has 0 fully saturated rings. The first-order valence-corrected chi connectivity index (χ1v) is 8.29. The van der Waals surface area contributed by atoms with E-state index in [0.29, 0.717) is 0 Å². The van der Waals surface area contributed by atoms with Crippen molar-refractivity contribution in [1.82, 2.24) is 0 Å². The fraction of sp³-hybridized carbons (Fsp3) is 0.294. The summed E-state index contributed by atoms with van der Waals surface area (Å²) in [7, 11) is -1.21. The maximum Gasteiger partial charge on any atom is 0.119 e. The van der Waals surface area contributed by atoms with Gasteiger partial charge in [-0.1, -0.05) is 62.4 Å². The Morgan fingerprint density at radius 1 is 1.00 bits per heavy atom. The summed E-state index contributed by atoms with van der Waals surface area (Å²) in [4.78, 5) is 0.786. The van der Waals surface area contributed by atoms with Crippen LogP contribution in [0, 0.1) is 5.41 Å². The maximum absolute atomic E-state index is 12.6. The van der Waals surface area contributed by atoms with Crippen molar-refractivity contribution in [1.29, 1.82) is 0 Å². The predicted molar refractivity (Wildman–Crippen MR) is 86.4 cm³/mol. The van der Waals surface area contributed by atoms with Gasteiger partial charge in [-0.3, -0.25) is 4.21 Å². The van der Waals surface area contributed by atoms with Crippen LogP contribution in [-0.2, 0) is 17.2 Å². The molecule has 0 amide bonds. The molecule has 2 rings (SSSR count). The molecule has 0 N–H and O–H groups in total. The fourth-order valence-corrected chi connectivity index (χ4v) is 3.88. The van der Waals surface area contributed by atoms with Gasteiger partial charge in [-0.15, -0.1) is 11.6 Å². The molecule has 0 heterocycles. The highest BCUT2D eigenvalue weighted by atomic mass is 35.5. The number of hydrogen-bond donors (Lipinski definition) is 0. The van der Waals surface area contributed by atoms with Crippen LogP contribution in [0.5, 0.6) is 0 Å². The van der Waals surface area contributed by atoms with Crippen LogP contribution in [0.25, 0.3) is 0 Å². The second-order valence-electron chi connectivity index (χ2n) is 5.58. The third-order valence-corrected chi connectivity index (χ3v) is 6.11. The topological polar surface area (TPSA) is 17.1 Å². The Morgan fingerprint density at radius 3 is 2.05 bits per heavy atom. The zero-order chi connectivity index (χ0) is 14.6. The lowest BCUT2D eigenvalue weighted by Crippen LogP contribution is -2.30. The fourth-order valence-electron chi connectivity index (χ4n) is 2.17. The Morgan fingerprint density at radius 2 is 1.50 bits per heavy atom. The van der Waals surface area contributed by atoms with Crippen molar-refractivity contribution in [2.24, 2.45) is 5.41 Å². The number of halogens is 1. The largest absolute Gasteiger partial charge is 0.253 e. The lowest BCUT2D eigenvalue weighted by Gasteiger charge is -2.29. The van der Waals surface area contributed by atoms with E-state index < -0.39 is 15.5 Å². The van der Waals surface area contributed by atoms with Gasteiger partial charge in [0.15, 0.2) is 0 Å². The first kappa shape index (κ1) is 15.3. The standard InChI is InChI=1S/C17H19ClOS/c1-17(2,13-14-9-5-3-6-10-14)16(18)20(19)15-11-7-4-8-12-15/h3-12,16H,13H2,1-2H3. The molecular formula is C17H19ClOS. The summed E-state index contributed by atoms with van der Waals surface area (Å²) < 4.78 is 12.1. The van der Waals surface area contributed by atoms with Gasteiger partial charge in [0, 0.05) is 4.90 Å². The number of alkyl halides is 1. The molecule has 0 saturated heterocycles. The van der Waals surface area contributed by atoms with Gasteiger partial charge in [-0.25, -0.2) is 0 Å². The van der Waals surface area contributed by atoms with Crippen LogP contribution in [0.4, 0.5) is 0 Å². The minimum atomic E-state index is -1.21. The molecule has 2 aromatic carbocycles. The molecule has 1 nitrogen and oxygen atoms in total. The van der Waals surface area contributed by atoms with Crippen LogP contribution in [0.1, 0.15) is 19.4 Å². The Kier molecular flexibility index (Phi) is 5.00. The Balaban J connectivity index is 2.15. The van der Waals surface area contributed by atoms with E-state index >= 15 is 0 Å². The van der Waals surface area contributed by atoms with Crippen LogP contribution in [0.15, 0.2) is 65.6 Å². The van der Waals surface area contributed by atoms with E-state index in [4.69, 9.17) is 11.6 Å². The second kappa shape index (κ2) is 6.55. The van der Waals surface area contributed by atoms with Crippen molar-refractivity contribution >= 4 is 22.4 Å². The molecule has 0 saturated carbocycles. The monoisotopic (exact) mass is 306 g/mol.